The number of nitrogens with zero attached hydrogens (tertiary/aromatic N) is 5. The van der Waals surface area contributed by atoms with Gasteiger partial charge in [-0.2, -0.15) is 0 Å². The van der Waals surface area contributed by atoms with Crippen LogP contribution in [0, 0.1) is 12.3 Å². The molecular weight excluding hydrogens is 516 g/mol. The Morgan fingerprint density at radius 2 is 1.93 bits per heavy atom. The number of carbonyl (C=O) groups is 3. The molecule has 3 aromatic rings. The first-order valence-corrected chi connectivity index (χ1v) is 12.8. The molecule has 0 radical (unpaired) electrons. The van der Waals surface area contributed by atoms with Gasteiger partial charge >= 0.3 is 6.09 Å². The first-order chi connectivity index (χ1) is 18.7. The van der Waals surface area contributed by atoms with E-state index >= 15 is 0 Å². The number of carboxylic acid groups (broad SMARTS) is 1. The van der Waals surface area contributed by atoms with Crippen LogP contribution in [0.25, 0.3) is 11.2 Å². The number of hydrogen-bond acceptors (Lipinski definition) is 7. The van der Waals surface area contributed by atoms with Crippen molar-refractivity contribution >= 4 is 34.8 Å². The van der Waals surface area contributed by atoms with Gasteiger partial charge in [0.1, 0.15) is 28.9 Å². The van der Waals surface area contributed by atoms with Crippen molar-refractivity contribution in [3.05, 3.63) is 58.2 Å². The van der Waals surface area contributed by atoms with Gasteiger partial charge in [0.25, 0.3) is 5.56 Å². The third kappa shape index (κ3) is 8.22. The van der Waals surface area contributed by atoms with Crippen molar-refractivity contribution in [2.45, 2.75) is 59.5 Å². The van der Waals surface area contributed by atoms with Crippen molar-refractivity contribution < 1.29 is 19.5 Å². The molecule has 0 aliphatic heterocycles. The van der Waals surface area contributed by atoms with E-state index in [1.54, 1.807) is 32.4 Å². The van der Waals surface area contributed by atoms with Gasteiger partial charge in [-0.25, -0.2) is 19.7 Å². The van der Waals surface area contributed by atoms with Gasteiger partial charge in [-0.05, 0) is 49.8 Å². The number of hydrogen-bond donors (Lipinski definition) is 4. The number of H-pyrrole nitrogens is 1. The molecule has 0 aliphatic rings. The van der Waals surface area contributed by atoms with Crippen LogP contribution in [0.15, 0.2) is 35.3 Å². The second-order valence-electron chi connectivity index (χ2n) is 10.9. The fourth-order valence-corrected chi connectivity index (χ4v) is 3.98. The summed E-state index contributed by atoms with van der Waals surface area (Å²) in [6.45, 7) is 8.25. The summed E-state index contributed by atoms with van der Waals surface area (Å²) in [4.78, 5) is 67.2. The predicted molar refractivity (Wildman–Crippen MR) is 150 cm³/mol. The van der Waals surface area contributed by atoms with Crippen molar-refractivity contribution in [3.8, 4) is 0 Å². The monoisotopic (exact) mass is 552 g/mol. The van der Waals surface area contributed by atoms with Crippen LogP contribution in [0.5, 0.6) is 0 Å². The second-order valence-corrected chi connectivity index (χ2v) is 10.9. The van der Waals surface area contributed by atoms with Crippen molar-refractivity contribution in [2.24, 2.45) is 5.41 Å². The van der Waals surface area contributed by atoms with Gasteiger partial charge in [-0.3, -0.25) is 14.4 Å². The molecule has 0 bridgehead atoms. The fraction of sp³-hybridized carbons (Fsp3) is 0.444. The molecule has 214 valence electrons. The highest BCUT2D eigenvalue weighted by molar-refractivity contribution is 5.96. The third-order valence-corrected chi connectivity index (χ3v) is 5.81. The van der Waals surface area contributed by atoms with E-state index in [9.17, 15) is 24.3 Å². The number of pyridine rings is 1. The van der Waals surface area contributed by atoms with Crippen molar-refractivity contribution in [1.82, 2.24) is 34.7 Å². The summed E-state index contributed by atoms with van der Waals surface area (Å²) in [5.74, 6) is 0.202. The summed E-state index contributed by atoms with van der Waals surface area (Å²) in [7, 11) is 3.21. The average Bonchev–Trinajstić information content (AvgIpc) is 3.24. The minimum absolute atomic E-state index is 0.0103. The van der Waals surface area contributed by atoms with Gasteiger partial charge in [-0.1, -0.05) is 26.8 Å². The molecule has 4 N–H and O–H groups in total. The molecule has 1 unspecified atom stereocenters. The number of anilines is 1. The Morgan fingerprint density at radius 3 is 2.58 bits per heavy atom. The summed E-state index contributed by atoms with van der Waals surface area (Å²) in [6.07, 6.45) is 4.16. The lowest BCUT2D eigenvalue weighted by molar-refractivity contribution is -0.123. The predicted octanol–water partition coefficient (Wildman–Crippen LogP) is 2.46. The number of aryl methyl sites for hydroxylation is 1. The lowest BCUT2D eigenvalue weighted by atomic mass is 9.90. The quantitative estimate of drug-likeness (QED) is 0.277. The van der Waals surface area contributed by atoms with E-state index in [1.165, 1.54) is 21.6 Å². The maximum atomic E-state index is 13.2. The third-order valence-electron chi connectivity index (χ3n) is 5.81. The number of nitrogens with one attached hydrogen (secondary N) is 3. The molecule has 1 atom stereocenters. The van der Waals surface area contributed by atoms with E-state index in [0.29, 0.717) is 29.2 Å². The number of likely N-dealkylation sites (N-methyl/N-ethyl adjacent to an activating group) is 1. The summed E-state index contributed by atoms with van der Waals surface area (Å²) >= 11 is 0. The first kappa shape index (κ1) is 30.0. The van der Waals surface area contributed by atoms with E-state index in [1.807, 2.05) is 6.92 Å². The minimum atomic E-state index is -1.38. The van der Waals surface area contributed by atoms with Crippen molar-refractivity contribution in [1.29, 1.82) is 0 Å². The number of imidazole rings is 1. The van der Waals surface area contributed by atoms with Gasteiger partial charge in [0.15, 0.2) is 5.65 Å². The van der Waals surface area contributed by atoms with Gasteiger partial charge in [0.05, 0.1) is 12.2 Å². The second kappa shape index (κ2) is 12.5. The lowest BCUT2D eigenvalue weighted by Gasteiger charge is -2.17. The maximum Gasteiger partial charge on any atom is 0.405 e. The number of aromatic amines is 1. The molecular formula is C27H36N8O5. The van der Waals surface area contributed by atoms with E-state index in [4.69, 9.17) is 0 Å². The molecule has 13 nitrogen and oxygen atoms in total. The Kier molecular flexibility index (Phi) is 9.40. The molecule has 0 fully saturated rings. The van der Waals surface area contributed by atoms with Crippen LogP contribution < -0.4 is 16.2 Å². The zero-order valence-electron chi connectivity index (χ0n) is 23.6. The van der Waals surface area contributed by atoms with Gasteiger partial charge < -0.3 is 30.2 Å². The van der Waals surface area contributed by atoms with Crippen LogP contribution in [-0.2, 0) is 22.6 Å². The highest BCUT2D eigenvalue weighted by atomic mass is 16.4. The Morgan fingerprint density at radius 1 is 1.20 bits per heavy atom. The van der Waals surface area contributed by atoms with Crippen molar-refractivity contribution in [2.75, 3.05) is 19.4 Å². The number of aromatic nitrogens is 5. The SMILES string of the molecule is Cc1nc(CC(C)(C)C)c2nc(Cn3cccc(NC(=O)C(CCC=CC(=O)N(C)C)NC(=O)O)c3=O)[nH]c2n1. The van der Waals surface area contributed by atoms with E-state index in [2.05, 4.69) is 51.3 Å². The fourth-order valence-electron chi connectivity index (χ4n) is 3.98. The Labute approximate surface area is 231 Å². The number of fused-ring (bicyclic) bond motifs is 1. The standard InChI is InChI=1S/C27H36N8O5/c1-16-28-19(14-27(2,3)4)22-23(29-16)33-20(32-22)15-35-13-9-11-18(25(35)38)30-24(37)17(31-26(39)40)10-7-8-12-21(36)34(5)6/h8-9,11-13,17,31H,7,10,14-15H2,1-6H3,(H,30,37)(H,39,40)(H,28,29,32,33). The zero-order chi connectivity index (χ0) is 29.6. The molecule has 13 heteroatoms. The van der Waals surface area contributed by atoms with Gasteiger partial charge in [0.2, 0.25) is 11.8 Å². The number of carbonyl (C=O) groups excluding carboxylic acids is 2. The van der Waals surface area contributed by atoms with Crippen LogP contribution in [-0.4, -0.2) is 72.6 Å². The largest absolute Gasteiger partial charge is 0.465 e. The van der Waals surface area contributed by atoms with Gasteiger partial charge in [-0.15, -0.1) is 0 Å². The van der Waals surface area contributed by atoms with Gasteiger partial charge in [0, 0.05) is 20.3 Å². The van der Waals surface area contributed by atoms with E-state index in [-0.39, 0.29) is 36.4 Å². The summed E-state index contributed by atoms with van der Waals surface area (Å²) < 4.78 is 1.38. The smallest absolute Gasteiger partial charge is 0.405 e. The van der Waals surface area contributed by atoms with E-state index in [0.717, 1.165) is 5.69 Å². The number of rotatable bonds is 10. The summed E-state index contributed by atoms with van der Waals surface area (Å²) in [5.41, 5.74) is 1.55. The molecule has 40 heavy (non-hydrogen) atoms. The van der Waals surface area contributed by atoms with Crippen LogP contribution in [0.1, 0.15) is 51.0 Å². The minimum Gasteiger partial charge on any atom is -0.465 e. The summed E-state index contributed by atoms with van der Waals surface area (Å²) in [5, 5.41) is 13.9. The molecule has 3 rings (SSSR count). The Balaban J connectivity index is 1.78. The molecule has 0 spiro atoms. The lowest BCUT2D eigenvalue weighted by Crippen LogP contribution is -2.44. The average molecular weight is 553 g/mol. The highest BCUT2D eigenvalue weighted by Gasteiger charge is 2.22. The molecule has 0 aromatic carbocycles. The van der Waals surface area contributed by atoms with Crippen LogP contribution >= 0.6 is 0 Å². The highest BCUT2D eigenvalue weighted by Crippen LogP contribution is 2.24. The van der Waals surface area contributed by atoms with Crippen LogP contribution in [0.2, 0.25) is 0 Å². The normalized spacial score (nSPS) is 12.4. The molecule has 3 heterocycles. The maximum absolute atomic E-state index is 13.2. The Bertz CT molecular complexity index is 1480. The van der Waals surface area contributed by atoms with Crippen LogP contribution in [0.4, 0.5) is 10.5 Å². The molecule has 0 aliphatic carbocycles. The number of allylic oxidation sites excluding steroid dienone is 1. The molecule has 0 saturated heterocycles. The van der Waals surface area contributed by atoms with Crippen LogP contribution in [0.3, 0.4) is 0 Å². The van der Waals surface area contributed by atoms with E-state index < -0.39 is 23.6 Å². The molecule has 3 aromatic heterocycles. The number of amides is 3. The molecule has 3 amide bonds. The zero-order valence-corrected chi connectivity index (χ0v) is 23.6. The van der Waals surface area contributed by atoms with Crippen molar-refractivity contribution in [3.63, 3.8) is 0 Å². The molecule has 0 saturated carbocycles. The topological polar surface area (TPSA) is 175 Å². The summed E-state index contributed by atoms with van der Waals surface area (Å²) in [6, 6.07) is 1.91. The first-order valence-electron chi connectivity index (χ1n) is 12.8. The Hall–Kier alpha value is -4.55.